The minimum absolute atomic E-state index is 0.0877. The van der Waals surface area contributed by atoms with E-state index in [0.29, 0.717) is 18.1 Å². The standard InChI is InChI=1S/C41H44N4O/c1-30-42-38-18-10-11-19-39(38)45(30)35-28-33-20-21-34(29-35)44(33)27-24-41(32-14-6-3-7-15-32)22-25-43(26-23-41)40(46)37-17-9-8-16-36(37)31-12-4-2-5-13-31/h2-19,33-35H,20-29H2,1H3/t33-,34+,35+. The Morgan fingerprint density at radius 1 is 0.761 bits per heavy atom. The quantitative estimate of drug-likeness (QED) is 0.186. The van der Waals surface area contributed by atoms with Gasteiger partial charge in [0.2, 0.25) is 0 Å². The zero-order valence-electron chi connectivity index (χ0n) is 26.9. The van der Waals surface area contributed by atoms with Crippen LogP contribution in [0.3, 0.4) is 0 Å². The number of amides is 1. The first-order chi connectivity index (χ1) is 22.6. The van der Waals surface area contributed by atoms with E-state index >= 15 is 0 Å². The van der Waals surface area contributed by atoms with E-state index in [4.69, 9.17) is 4.98 Å². The van der Waals surface area contributed by atoms with Crippen molar-refractivity contribution in [1.82, 2.24) is 19.4 Å². The molecule has 4 heterocycles. The number of piperidine rings is 2. The zero-order chi connectivity index (χ0) is 31.1. The number of imidazole rings is 1. The Balaban J connectivity index is 0.985. The van der Waals surface area contributed by atoms with Crippen LogP contribution in [0.5, 0.6) is 0 Å². The van der Waals surface area contributed by atoms with Crippen molar-refractivity contribution in [2.45, 2.75) is 75.4 Å². The van der Waals surface area contributed by atoms with Crippen LogP contribution >= 0.6 is 0 Å². The largest absolute Gasteiger partial charge is 0.339 e. The van der Waals surface area contributed by atoms with Crippen molar-refractivity contribution in [1.29, 1.82) is 0 Å². The maximum Gasteiger partial charge on any atom is 0.254 e. The molecule has 46 heavy (non-hydrogen) atoms. The summed E-state index contributed by atoms with van der Waals surface area (Å²) in [6, 6.07) is 40.0. The lowest BCUT2D eigenvalue weighted by Gasteiger charge is -2.45. The number of benzene rings is 4. The van der Waals surface area contributed by atoms with E-state index in [9.17, 15) is 4.79 Å². The number of aromatic nitrogens is 2. The molecular formula is C41H44N4O. The van der Waals surface area contributed by atoms with Gasteiger partial charge in [-0.15, -0.1) is 0 Å². The predicted octanol–water partition coefficient (Wildman–Crippen LogP) is 8.44. The highest BCUT2D eigenvalue weighted by molar-refractivity contribution is 6.01. The van der Waals surface area contributed by atoms with Gasteiger partial charge in [-0.2, -0.15) is 0 Å². The van der Waals surface area contributed by atoms with Crippen molar-refractivity contribution < 1.29 is 4.79 Å². The summed E-state index contributed by atoms with van der Waals surface area (Å²) in [6.07, 6.45) is 8.16. The molecule has 1 amide bonds. The van der Waals surface area contributed by atoms with Crippen LogP contribution in [-0.4, -0.2) is 57.0 Å². The number of carbonyl (C=O) groups excluding carboxylic acids is 1. The molecule has 8 rings (SSSR count). The molecular weight excluding hydrogens is 564 g/mol. The van der Waals surface area contributed by atoms with Gasteiger partial charge < -0.3 is 9.47 Å². The van der Waals surface area contributed by atoms with E-state index in [0.717, 1.165) is 66.9 Å². The fourth-order valence-electron chi connectivity index (χ4n) is 9.11. The number of para-hydroxylation sites is 2. The lowest BCUT2D eigenvalue weighted by Crippen LogP contribution is -2.49. The van der Waals surface area contributed by atoms with Gasteiger partial charge in [-0.3, -0.25) is 9.69 Å². The van der Waals surface area contributed by atoms with Crippen LogP contribution in [0.15, 0.2) is 109 Å². The molecule has 0 spiro atoms. The van der Waals surface area contributed by atoms with Gasteiger partial charge in [-0.25, -0.2) is 4.98 Å². The monoisotopic (exact) mass is 608 g/mol. The molecule has 0 radical (unpaired) electrons. The van der Waals surface area contributed by atoms with E-state index < -0.39 is 0 Å². The van der Waals surface area contributed by atoms with Crippen LogP contribution in [0.25, 0.3) is 22.2 Å². The molecule has 5 heteroatoms. The summed E-state index contributed by atoms with van der Waals surface area (Å²) >= 11 is 0. The fourth-order valence-corrected chi connectivity index (χ4v) is 9.11. The molecule has 3 aliphatic rings. The van der Waals surface area contributed by atoms with Crippen LogP contribution in [0.4, 0.5) is 0 Å². The Morgan fingerprint density at radius 2 is 1.39 bits per heavy atom. The normalized spacial score (nSPS) is 22.7. The smallest absolute Gasteiger partial charge is 0.254 e. The number of aryl methyl sites for hydroxylation is 1. The van der Waals surface area contributed by atoms with E-state index in [1.54, 1.807) is 0 Å². The second-order valence-electron chi connectivity index (χ2n) is 13.9. The Kier molecular flexibility index (Phi) is 7.73. The Morgan fingerprint density at radius 3 is 2.13 bits per heavy atom. The fraction of sp³-hybridized carbons (Fsp3) is 0.366. The first-order valence-electron chi connectivity index (χ1n) is 17.3. The third-order valence-electron chi connectivity index (χ3n) is 11.5. The zero-order valence-corrected chi connectivity index (χ0v) is 26.9. The Bertz CT molecular complexity index is 1810. The van der Waals surface area contributed by atoms with Crippen molar-refractivity contribution in [3.8, 4) is 11.1 Å². The van der Waals surface area contributed by atoms with Crippen molar-refractivity contribution in [3.05, 3.63) is 126 Å². The summed E-state index contributed by atoms with van der Waals surface area (Å²) in [5.41, 5.74) is 6.85. The summed E-state index contributed by atoms with van der Waals surface area (Å²) in [7, 11) is 0. The highest BCUT2D eigenvalue weighted by Crippen LogP contribution is 2.45. The molecule has 5 aromatic rings. The summed E-state index contributed by atoms with van der Waals surface area (Å²) in [6.45, 7) is 4.89. The van der Waals surface area contributed by atoms with E-state index in [1.807, 2.05) is 36.4 Å². The number of hydrogen-bond acceptors (Lipinski definition) is 3. The molecule has 3 atom stereocenters. The number of fused-ring (bicyclic) bond motifs is 3. The molecule has 0 N–H and O–H groups in total. The second kappa shape index (κ2) is 12.2. The molecule has 2 bridgehead atoms. The van der Waals surface area contributed by atoms with Gasteiger partial charge in [0.1, 0.15) is 5.82 Å². The molecule has 3 saturated heterocycles. The minimum atomic E-state index is 0.0877. The average Bonchev–Trinajstić information content (AvgIpc) is 3.58. The van der Waals surface area contributed by atoms with Gasteiger partial charge in [0, 0.05) is 36.8 Å². The molecule has 1 aromatic heterocycles. The van der Waals surface area contributed by atoms with Crippen molar-refractivity contribution in [2.75, 3.05) is 19.6 Å². The number of rotatable bonds is 7. The minimum Gasteiger partial charge on any atom is -0.339 e. The molecule has 4 aromatic carbocycles. The molecule has 0 saturated carbocycles. The van der Waals surface area contributed by atoms with E-state index in [2.05, 4.69) is 94.1 Å². The number of hydrogen-bond donors (Lipinski definition) is 0. The lowest BCUT2D eigenvalue weighted by molar-refractivity contribution is 0.0607. The van der Waals surface area contributed by atoms with Gasteiger partial charge in [0.25, 0.3) is 5.91 Å². The van der Waals surface area contributed by atoms with E-state index in [1.165, 1.54) is 36.8 Å². The molecule has 5 nitrogen and oxygen atoms in total. The van der Waals surface area contributed by atoms with Crippen molar-refractivity contribution >= 4 is 16.9 Å². The molecule has 3 aliphatic heterocycles. The van der Waals surface area contributed by atoms with Gasteiger partial charge in [0.05, 0.1) is 11.0 Å². The van der Waals surface area contributed by atoms with Crippen LogP contribution < -0.4 is 0 Å². The first-order valence-corrected chi connectivity index (χ1v) is 17.3. The second-order valence-corrected chi connectivity index (χ2v) is 13.9. The molecule has 3 fully saturated rings. The summed E-state index contributed by atoms with van der Waals surface area (Å²) in [5, 5.41) is 0. The van der Waals surface area contributed by atoms with Crippen molar-refractivity contribution in [2.24, 2.45) is 0 Å². The maximum absolute atomic E-state index is 14.0. The Labute approximate surface area is 272 Å². The highest BCUT2D eigenvalue weighted by Gasteiger charge is 2.44. The lowest BCUT2D eigenvalue weighted by atomic mass is 9.70. The van der Waals surface area contributed by atoms with Crippen LogP contribution in [0.1, 0.15) is 72.7 Å². The maximum atomic E-state index is 14.0. The topological polar surface area (TPSA) is 41.4 Å². The van der Waals surface area contributed by atoms with Crippen LogP contribution in [0, 0.1) is 6.92 Å². The van der Waals surface area contributed by atoms with Gasteiger partial charge in [-0.05, 0) is 98.7 Å². The predicted molar refractivity (Wildman–Crippen MR) is 186 cm³/mol. The highest BCUT2D eigenvalue weighted by atomic mass is 16.2. The van der Waals surface area contributed by atoms with Gasteiger partial charge in [-0.1, -0.05) is 91.0 Å². The number of likely N-dealkylation sites (tertiary alicyclic amines) is 1. The van der Waals surface area contributed by atoms with E-state index in [-0.39, 0.29) is 11.3 Å². The third-order valence-corrected chi connectivity index (χ3v) is 11.5. The first kappa shape index (κ1) is 29.2. The summed E-state index contributed by atoms with van der Waals surface area (Å²) in [5.74, 6) is 1.30. The number of carbonyl (C=O) groups is 1. The summed E-state index contributed by atoms with van der Waals surface area (Å²) < 4.78 is 2.53. The van der Waals surface area contributed by atoms with Crippen molar-refractivity contribution in [3.63, 3.8) is 0 Å². The number of nitrogens with zero attached hydrogens (tertiary/aromatic N) is 4. The summed E-state index contributed by atoms with van der Waals surface area (Å²) in [4.78, 5) is 23.9. The SMILES string of the molecule is Cc1nc2ccccc2n1[C@H]1C[C@H]2CC[C@@H](C1)N2CCC1(c2ccccc2)CCN(C(=O)c2ccccc2-c2ccccc2)CC1. The molecule has 0 aliphatic carbocycles. The average molecular weight is 609 g/mol. The van der Waals surface area contributed by atoms with Gasteiger partial charge >= 0.3 is 0 Å². The van der Waals surface area contributed by atoms with Crippen LogP contribution in [-0.2, 0) is 5.41 Å². The third kappa shape index (κ3) is 5.25. The Hall–Kier alpha value is -4.22. The molecule has 234 valence electrons. The molecule has 0 unspecified atom stereocenters. The van der Waals surface area contributed by atoms with Gasteiger partial charge in [0.15, 0.2) is 0 Å². The van der Waals surface area contributed by atoms with Crippen LogP contribution in [0.2, 0.25) is 0 Å².